The molecule has 1 aliphatic heterocycles. The van der Waals surface area contributed by atoms with Gasteiger partial charge in [0, 0.05) is 32.2 Å². The number of hydrogen-bond donors (Lipinski definition) is 2. The number of amides is 1. The number of rotatable bonds is 6. The molecule has 0 spiro atoms. The quantitative estimate of drug-likeness (QED) is 0.343. The zero-order valence-corrected chi connectivity index (χ0v) is 22.7. The summed E-state index contributed by atoms with van der Waals surface area (Å²) in [7, 11) is 1.57. The van der Waals surface area contributed by atoms with Gasteiger partial charge in [-0.15, -0.1) is 17.3 Å². The van der Waals surface area contributed by atoms with Gasteiger partial charge in [-0.25, -0.2) is 14.2 Å². The van der Waals surface area contributed by atoms with E-state index in [1.54, 1.807) is 31.5 Å². The maximum atomic E-state index is 13.8. The third-order valence-electron chi connectivity index (χ3n) is 6.78. The Morgan fingerprint density at radius 3 is 2.85 bits per heavy atom. The lowest BCUT2D eigenvalue weighted by molar-refractivity contribution is -0.122. The number of nitrogens with one attached hydrogen (secondary N) is 1. The maximum Gasteiger partial charge on any atom is 0.332 e. The first-order valence-corrected chi connectivity index (χ1v) is 13.4. The van der Waals surface area contributed by atoms with Crippen molar-refractivity contribution >= 4 is 44.6 Å². The van der Waals surface area contributed by atoms with E-state index in [1.165, 1.54) is 28.0 Å². The minimum absolute atomic E-state index is 0.0581. The number of nitrogens with two attached hydrogens (primary N) is 1. The number of aryl methyl sites for hydroxylation is 1. The molecule has 0 bridgehead atoms. The molecule has 204 valence electrons. The van der Waals surface area contributed by atoms with E-state index >= 15 is 0 Å². The third-order valence-corrected chi connectivity index (χ3v) is 7.80. The summed E-state index contributed by atoms with van der Waals surface area (Å²) in [5, 5.41) is 3.49. The van der Waals surface area contributed by atoms with E-state index in [1.807, 2.05) is 4.90 Å². The van der Waals surface area contributed by atoms with Crippen LogP contribution >= 0.6 is 11.3 Å². The fraction of sp³-hybridized carbons (Fsp3) is 0.423. The maximum absolute atomic E-state index is 13.8. The van der Waals surface area contributed by atoms with Gasteiger partial charge in [0.25, 0.3) is 5.56 Å². The molecule has 11 nitrogen and oxygen atoms in total. The summed E-state index contributed by atoms with van der Waals surface area (Å²) in [6.07, 6.45) is 1.59. The Bertz CT molecular complexity index is 1760. The Morgan fingerprint density at radius 2 is 2.10 bits per heavy atom. The van der Waals surface area contributed by atoms with Crippen molar-refractivity contribution in [1.82, 2.24) is 29.0 Å². The fourth-order valence-electron chi connectivity index (χ4n) is 4.81. The largest absolute Gasteiger partial charge is 0.350 e. The molecule has 5 rings (SSSR count). The van der Waals surface area contributed by atoms with E-state index in [-0.39, 0.29) is 36.2 Å². The molecule has 3 N–H and O–H groups in total. The number of carbonyl (C=O) groups excluding carboxylic acids is 1. The number of anilines is 1. The molecule has 3 aromatic heterocycles. The predicted octanol–water partition coefficient (Wildman–Crippen LogP) is 1.15. The molecule has 1 amide bonds. The van der Waals surface area contributed by atoms with Gasteiger partial charge in [-0.2, -0.15) is 4.98 Å². The van der Waals surface area contributed by atoms with E-state index in [4.69, 9.17) is 10.7 Å². The second-order valence-electron chi connectivity index (χ2n) is 9.63. The zero-order chi connectivity index (χ0) is 27.8. The number of carbonyl (C=O) groups is 1. The van der Waals surface area contributed by atoms with E-state index < -0.39 is 23.1 Å². The van der Waals surface area contributed by atoms with Gasteiger partial charge in [0.15, 0.2) is 11.2 Å². The van der Waals surface area contributed by atoms with Crippen LogP contribution in [-0.2, 0) is 24.9 Å². The first-order chi connectivity index (χ1) is 18.7. The summed E-state index contributed by atoms with van der Waals surface area (Å²) >= 11 is 1.30. The average Bonchev–Trinajstić information content (AvgIpc) is 3.49. The topological polar surface area (TPSA) is 133 Å². The molecule has 1 aliphatic rings. The van der Waals surface area contributed by atoms with Crippen molar-refractivity contribution in [3.63, 3.8) is 0 Å². The molecule has 4 heterocycles. The third kappa shape index (κ3) is 5.05. The average molecular weight is 553 g/mol. The molecule has 13 heteroatoms. The smallest absolute Gasteiger partial charge is 0.332 e. The molecular formula is C26H29FN8O3S. The highest BCUT2D eigenvalue weighted by molar-refractivity contribution is 7.18. The van der Waals surface area contributed by atoms with E-state index in [0.29, 0.717) is 29.6 Å². The van der Waals surface area contributed by atoms with Crippen LogP contribution in [0.15, 0.2) is 27.8 Å². The van der Waals surface area contributed by atoms with Crippen molar-refractivity contribution in [2.75, 3.05) is 18.0 Å². The number of halogens is 1. The van der Waals surface area contributed by atoms with Crippen LogP contribution in [0.5, 0.6) is 0 Å². The Kier molecular flexibility index (Phi) is 7.24. The minimum Gasteiger partial charge on any atom is -0.350 e. The lowest BCUT2D eigenvalue weighted by Gasteiger charge is -2.34. The Hall–Kier alpha value is -4.02. The Balaban J connectivity index is 1.59. The zero-order valence-electron chi connectivity index (χ0n) is 21.9. The van der Waals surface area contributed by atoms with Gasteiger partial charge in [-0.1, -0.05) is 5.92 Å². The van der Waals surface area contributed by atoms with Crippen LogP contribution in [0.4, 0.5) is 10.3 Å². The van der Waals surface area contributed by atoms with Gasteiger partial charge < -0.3 is 16.0 Å². The van der Waals surface area contributed by atoms with Crippen molar-refractivity contribution in [3.8, 4) is 11.8 Å². The van der Waals surface area contributed by atoms with Crippen LogP contribution in [0, 0.1) is 17.7 Å². The van der Waals surface area contributed by atoms with Gasteiger partial charge in [-0.3, -0.25) is 23.3 Å². The molecule has 1 aromatic carbocycles. The van der Waals surface area contributed by atoms with Crippen molar-refractivity contribution in [2.45, 2.75) is 51.9 Å². The van der Waals surface area contributed by atoms with Crippen LogP contribution in [-0.4, -0.2) is 54.7 Å². The fourth-order valence-corrected chi connectivity index (χ4v) is 5.75. The van der Waals surface area contributed by atoms with E-state index in [2.05, 4.69) is 22.1 Å². The van der Waals surface area contributed by atoms with Crippen LogP contribution in [0.2, 0.25) is 0 Å². The second kappa shape index (κ2) is 10.6. The van der Waals surface area contributed by atoms with Gasteiger partial charge in [0.05, 0.1) is 29.3 Å². The van der Waals surface area contributed by atoms with Crippen molar-refractivity contribution in [3.05, 3.63) is 49.9 Å². The lowest BCUT2D eigenvalue weighted by Crippen LogP contribution is -2.51. The normalized spacial score (nSPS) is 16.3. The predicted molar refractivity (Wildman–Crippen MR) is 148 cm³/mol. The van der Waals surface area contributed by atoms with Crippen LogP contribution in [0.25, 0.3) is 21.4 Å². The van der Waals surface area contributed by atoms with Crippen molar-refractivity contribution in [1.29, 1.82) is 0 Å². The Morgan fingerprint density at radius 1 is 1.31 bits per heavy atom. The molecular weight excluding hydrogens is 523 g/mol. The number of imidazole rings is 1. The molecule has 39 heavy (non-hydrogen) atoms. The standard InChI is InChI=1S/C26H29FN8O3S/c1-4-5-11-34-21-22(31-25(34)33-10-6-7-17(13-33)29-23(36)15(2)28)32(3)26(38)35(24(21)37)14-20-30-18-12-16(27)8-9-19(18)39-20/h8-9,12,15,17H,6-7,10-11,13-14,28H2,1-3H3,(H,29,36)/t15-,17+/m0/s1. The van der Waals surface area contributed by atoms with Gasteiger partial charge >= 0.3 is 5.69 Å². The molecule has 1 fully saturated rings. The summed E-state index contributed by atoms with van der Waals surface area (Å²) in [5.41, 5.74) is 5.67. The van der Waals surface area contributed by atoms with Gasteiger partial charge in [-0.05, 0) is 38.8 Å². The molecule has 0 radical (unpaired) electrons. The second-order valence-corrected chi connectivity index (χ2v) is 10.7. The lowest BCUT2D eigenvalue weighted by atomic mass is 10.1. The highest BCUT2D eigenvalue weighted by Gasteiger charge is 2.28. The monoisotopic (exact) mass is 552 g/mol. The SMILES string of the molecule is CC#CCn1c(N2CCC[C@@H](NC(=O)[C@H](C)N)C2)nc2c1c(=O)n(Cc1nc3cc(F)ccc3s1)c(=O)n2C. The highest BCUT2D eigenvalue weighted by atomic mass is 32.1. The van der Waals surface area contributed by atoms with Crippen LogP contribution in [0.3, 0.4) is 0 Å². The minimum atomic E-state index is -0.618. The molecule has 4 aromatic rings. The molecule has 1 saturated heterocycles. The number of piperidine rings is 1. The number of benzene rings is 1. The molecule has 0 unspecified atom stereocenters. The number of hydrogen-bond acceptors (Lipinski definition) is 8. The number of nitrogens with zero attached hydrogens (tertiary/aromatic N) is 6. The van der Waals surface area contributed by atoms with E-state index in [9.17, 15) is 18.8 Å². The van der Waals surface area contributed by atoms with E-state index in [0.717, 1.165) is 22.1 Å². The number of fused-ring (bicyclic) bond motifs is 2. The van der Waals surface area contributed by atoms with Crippen LogP contribution < -0.4 is 27.2 Å². The summed E-state index contributed by atoms with van der Waals surface area (Å²) in [4.78, 5) is 50.5. The summed E-state index contributed by atoms with van der Waals surface area (Å²) < 4.78 is 18.6. The van der Waals surface area contributed by atoms with Gasteiger partial charge in [0.2, 0.25) is 11.9 Å². The molecule has 0 saturated carbocycles. The van der Waals surface area contributed by atoms with Crippen molar-refractivity contribution < 1.29 is 9.18 Å². The number of thiazole rings is 1. The van der Waals surface area contributed by atoms with Crippen LogP contribution in [0.1, 0.15) is 31.7 Å². The molecule has 0 aliphatic carbocycles. The highest BCUT2D eigenvalue weighted by Crippen LogP contribution is 2.25. The summed E-state index contributed by atoms with van der Waals surface area (Å²) in [5.74, 6) is 5.75. The summed E-state index contributed by atoms with van der Waals surface area (Å²) in [6, 6.07) is 3.55. The summed E-state index contributed by atoms with van der Waals surface area (Å²) in [6.45, 7) is 4.63. The number of aromatic nitrogens is 5. The van der Waals surface area contributed by atoms with Crippen molar-refractivity contribution in [2.24, 2.45) is 12.8 Å². The van der Waals surface area contributed by atoms with Gasteiger partial charge in [0.1, 0.15) is 10.8 Å². The Labute approximate surface area is 227 Å². The molecule has 2 atom stereocenters. The first-order valence-electron chi connectivity index (χ1n) is 12.6. The first kappa shape index (κ1) is 26.6.